The number of alkyl halides is 3. The molecule has 3 N–H and O–H groups in total. The van der Waals surface area contributed by atoms with E-state index in [1.54, 1.807) is 19.9 Å². The van der Waals surface area contributed by atoms with Crippen LogP contribution in [0.1, 0.15) is 115 Å². The van der Waals surface area contributed by atoms with E-state index in [2.05, 4.69) is 20.3 Å². The van der Waals surface area contributed by atoms with Crippen molar-refractivity contribution in [3.8, 4) is 11.5 Å². The number of carbonyl (C=O) groups excluding carboxylic acids is 4. The van der Waals surface area contributed by atoms with E-state index in [0.717, 1.165) is 25.7 Å². The van der Waals surface area contributed by atoms with Crippen LogP contribution in [0.2, 0.25) is 0 Å². The van der Waals surface area contributed by atoms with Crippen molar-refractivity contribution in [1.82, 2.24) is 25.2 Å². The van der Waals surface area contributed by atoms with Gasteiger partial charge >= 0.3 is 12.3 Å². The number of amides is 4. The Morgan fingerprint density at radius 1 is 1.03 bits per heavy atom. The third kappa shape index (κ3) is 8.74. The summed E-state index contributed by atoms with van der Waals surface area (Å²) in [5.74, 6) is -2.13. The van der Waals surface area contributed by atoms with Crippen molar-refractivity contribution in [1.29, 1.82) is 0 Å². The van der Waals surface area contributed by atoms with Crippen molar-refractivity contribution >= 4 is 44.7 Å². The van der Waals surface area contributed by atoms with Gasteiger partial charge in [0.05, 0.1) is 22.5 Å². The number of nitrogens with zero attached hydrogens (tertiary/aromatic N) is 2. The first-order chi connectivity index (χ1) is 28.7. The minimum atomic E-state index is -4.53. The molecule has 4 amide bonds. The van der Waals surface area contributed by atoms with Crippen LogP contribution >= 0.6 is 0 Å². The fourth-order valence-electron chi connectivity index (χ4n) is 9.55. The Hall–Kier alpha value is -4.61. The highest BCUT2D eigenvalue weighted by atomic mass is 32.2. The molecule has 14 nitrogen and oxygen atoms in total. The second kappa shape index (κ2) is 15.6. The molecule has 3 aliphatic heterocycles. The number of halogens is 3. The molecule has 3 saturated carbocycles. The summed E-state index contributed by atoms with van der Waals surface area (Å²) >= 11 is 0. The summed E-state index contributed by atoms with van der Waals surface area (Å²) in [6.07, 6.45) is 6.35. The lowest BCUT2D eigenvalue weighted by atomic mass is 9.87. The van der Waals surface area contributed by atoms with Gasteiger partial charge in [-0.1, -0.05) is 25.0 Å². The second-order valence-corrected chi connectivity index (χ2v) is 20.7. The molecule has 1 aromatic carbocycles. The molecule has 6 aliphatic rings. The predicted molar refractivity (Wildman–Crippen MR) is 216 cm³/mol. The molecule has 4 heterocycles. The lowest BCUT2D eigenvalue weighted by molar-refractivity contribution is -0.153. The minimum absolute atomic E-state index is 0.0104. The van der Waals surface area contributed by atoms with Crippen molar-refractivity contribution in [2.24, 2.45) is 5.92 Å². The molecule has 5 atom stereocenters. The Bertz CT molecular complexity index is 2260. The summed E-state index contributed by atoms with van der Waals surface area (Å²) in [6, 6.07) is 2.25. The van der Waals surface area contributed by atoms with E-state index >= 15 is 0 Å². The SMILES string of the molecule is Cc1nc2ccc(OCC(F)(F)F)cc2c2c1O[C@]1(CC2)C[C@H]2C(=O)N[C@]3(C(=O)NS(=O)(=O)C4(C)CC4)C[C@H]3/C=C\CCCCC[C@H](NC(=O)OC3(C)CCCC3)C(=O)N2C1. The fraction of sp³-hybridized carbons (Fsp3) is 0.651. The molecule has 1 saturated heterocycles. The first-order valence-electron chi connectivity index (χ1n) is 21.4. The van der Waals surface area contributed by atoms with Crippen LogP contribution in [0.25, 0.3) is 10.9 Å². The minimum Gasteiger partial charge on any atom is -0.484 e. The number of carbonyl (C=O) groups is 4. The summed E-state index contributed by atoms with van der Waals surface area (Å²) in [5.41, 5.74) is -1.66. The Kier molecular flexibility index (Phi) is 11.0. The zero-order valence-electron chi connectivity index (χ0n) is 34.8. The van der Waals surface area contributed by atoms with Gasteiger partial charge in [0.25, 0.3) is 5.91 Å². The number of hydrogen-bond acceptors (Lipinski definition) is 10. The smallest absolute Gasteiger partial charge is 0.422 e. The summed E-state index contributed by atoms with van der Waals surface area (Å²) in [5, 5.41) is 6.28. The molecule has 1 aromatic heterocycles. The number of ether oxygens (including phenoxy) is 3. The van der Waals surface area contributed by atoms with Crippen molar-refractivity contribution in [2.45, 2.75) is 157 Å². The molecule has 8 rings (SSSR count). The van der Waals surface area contributed by atoms with Crippen molar-refractivity contribution in [2.75, 3.05) is 13.2 Å². The maximum atomic E-state index is 14.9. The zero-order chi connectivity index (χ0) is 43.6. The van der Waals surface area contributed by atoms with Gasteiger partial charge in [0.1, 0.15) is 40.3 Å². The molecule has 0 unspecified atom stereocenters. The number of benzene rings is 1. The van der Waals surface area contributed by atoms with Gasteiger partial charge in [-0.05, 0) is 116 Å². The van der Waals surface area contributed by atoms with E-state index in [0.29, 0.717) is 79.3 Å². The number of fused-ring (bicyclic) bond motifs is 5. The average molecular weight is 874 g/mol. The number of allylic oxidation sites excluding steroid dienone is 1. The molecule has 332 valence electrons. The lowest BCUT2D eigenvalue weighted by Gasteiger charge is -2.37. The van der Waals surface area contributed by atoms with E-state index in [4.69, 9.17) is 14.2 Å². The van der Waals surface area contributed by atoms with Crippen LogP contribution in [-0.2, 0) is 35.6 Å². The van der Waals surface area contributed by atoms with Gasteiger partial charge in [-0.3, -0.25) is 19.1 Å². The molecule has 2 aromatic rings. The standard InChI is InChI=1S/C43H54F3N5O9S/c1-26-34-29(30-21-28(13-14-31(30)47-26)58-25-43(44,45)46)15-18-41(59-34)23-33-35(52)49-42(37(54)50-61(56,57)40(3)19-20-40)22-27(42)11-7-5-4-6-8-12-32(36(53)51(33)24-41)48-38(55)60-39(2)16-9-10-17-39/h7,11,13-14,21,27,32-33H,4-6,8-10,12,15-20,22-25H2,1-3H3,(H,48,55)(H,49,52)(H,50,54)/b11-7-/t27-,32+,33+,41-,42-/m1/s1. The normalized spacial score (nSPS) is 30.1. The monoisotopic (exact) mass is 873 g/mol. The third-order valence-corrected chi connectivity index (χ3v) is 15.8. The molecule has 0 bridgehead atoms. The summed E-state index contributed by atoms with van der Waals surface area (Å²) in [7, 11) is -4.05. The Balaban J connectivity index is 1.12. The number of sulfonamides is 1. The van der Waals surface area contributed by atoms with Crippen LogP contribution in [0.3, 0.4) is 0 Å². The first kappa shape index (κ1) is 43.1. The van der Waals surface area contributed by atoms with Gasteiger partial charge in [-0.25, -0.2) is 18.2 Å². The Morgan fingerprint density at radius 3 is 2.51 bits per heavy atom. The summed E-state index contributed by atoms with van der Waals surface area (Å²) in [6.45, 7) is 3.65. The topological polar surface area (TPSA) is 182 Å². The molecule has 0 radical (unpaired) electrons. The molecular weight excluding hydrogens is 820 g/mol. The van der Waals surface area contributed by atoms with E-state index in [-0.39, 0.29) is 31.6 Å². The Morgan fingerprint density at radius 2 is 1.79 bits per heavy atom. The summed E-state index contributed by atoms with van der Waals surface area (Å²) in [4.78, 5) is 63.2. The molecule has 3 aliphatic carbocycles. The number of alkyl carbamates (subject to hydrolysis) is 1. The van der Waals surface area contributed by atoms with Crippen LogP contribution in [-0.4, -0.2) is 95.0 Å². The van der Waals surface area contributed by atoms with Gasteiger partial charge in [-0.15, -0.1) is 0 Å². The highest BCUT2D eigenvalue weighted by Crippen LogP contribution is 2.49. The largest absolute Gasteiger partial charge is 0.484 e. The highest BCUT2D eigenvalue weighted by Gasteiger charge is 2.64. The van der Waals surface area contributed by atoms with Crippen LogP contribution in [0.15, 0.2) is 30.4 Å². The van der Waals surface area contributed by atoms with Crippen LogP contribution in [0.5, 0.6) is 11.5 Å². The number of nitrogens with one attached hydrogen (secondary N) is 3. The van der Waals surface area contributed by atoms with Gasteiger partial charge in [0.2, 0.25) is 21.8 Å². The zero-order valence-corrected chi connectivity index (χ0v) is 35.6. The van der Waals surface area contributed by atoms with Crippen LogP contribution < -0.4 is 24.8 Å². The quantitative estimate of drug-likeness (QED) is 0.281. The Labute approximate surface area is 353 Å². The van der Waals surface area contributed by atoms with E-state index < -0.39 is 86.1 Å². The number of rotatable bonds is 7. The van der Waals surface area contributed by atoms with Gasteiger partial charge in [0, 0.05) is 23.3 Å². The first-order valence-corrected chi connectivity index (χ1v) is 22.9. The van der Waals surface area contributed by atoms with E-state index in [1.165, 1.54) is 17.0 Å². The van der Waals surface area contributed by atoms with Gasteiger partial charge < -0.3 is 29.7 Å². The van der Waals surface area contributed by atoms with Crippen molar-refractivity contribution in [3.05, 3.63) is 41.6 Å². The van der Waals surface area contributed by atoms with Gasteiger partial charge in [0.15, 0.2) is 6.61 Å². The lowest BCUT2D eigenvalue weighted by Crippen LogP contribution is -2.58. The van der Waals surface area contributed by atoms with Crippen molar-refractivity contribution in [3.63, 3.8) is 0 Å². The maximum absolute atomic E-state index is 14.9. The van der Waals surface area contributed by atoms with Crippen LogP contribution in [0, 0.1) is 12.8 Å². The summed E-state index contributed by atoms with van der Waals surface area (Å²) < 4.78 is 84.5. The van der Waals surface area contributed by atoms with Crippen molar-refractivity contribution < 1.29 is 55.0 Å². The van der Waals surface area contributed by atoms with E-state index in [1.807, 2.05) is 19.1 Å². The highest BCUT2D eigenvalue weighted by molar-refractivity contribution is 7.91. The molecule has 1 spiro atoms. The maximum Gasteiger partial charge on any atom is 0.422 e. The molecule has 18 heteroatoms. The fourth-order valence-corrected chi connectivity index (χ4v) is 10.9. The number of hydrogen-bond donors (Lipinski definition) is 3. The van der Waals surface area contributed by atoms with Crippen LogP contribution in [0.4, 0.5) is 18.0 Å². The molecule has 4 fully saturated rings. The van der Waals surface area contributed by atoms with E-state index in [9.17, 15) is 40.8 Å². The number of pyridine rings is 1. The second-order valence-electron chi connectivity index (χ2n) is 18.5. The average Bonchev–Trinajstić information content (AvgIpc) is 4.02. The third-order valence-electron chi connectivity index (χ3n) is 13.6. The number of aromatic nitrogens is 1. The van der Waals surface area contributed by atoms with Gasteiger partial charge in [-0.2, -0.15) is 13.2 Å². The number of aryl methyl sites for hydroxylation is 2. The molecular formula is C43H54F3N5O9S. The predicted octanol–water partition coefficient (Wildman–Crippen LogP) is 5.97. The molecule has 61 heavy (non-hydrogen) atoms.